The van der Waals surface area contributed by atoms with Gasteiger partial charge in [-0.1, -0.05) is 6.07 Å². The van der Waals surface area contributed by atoms with E-state index in [1.807, 2.05) is 73.8 Å². The normalized spacial score (nSPS) is 10.2. The van der Waals surface area contributed by atoms with E-state index in [-0.39, 0.29) is 6.03 Å². The summed E-state index contributed by atoms with van der Waals surface area (Å²) in [5.74, 6) is 0.669. The molecule has 0 aliphatic heterocycles. The SMILES string of the molecule is CSc1cccc(NC(=O)Nc2ccc(Nc3ccc(C)nn3)cc2)c1. The third kappa shape index (κ3) is 4.97. The summed E-state index contributed by atoms with van der Waals surface area (Å²) in [6, 6.07) is 18.5. The molecule has 0 radical (unpaired) electrons. The first kappa shape index (κ1) is 17.8. The highest BCUT2D eigenvalue weighted by atomic mass is 32.2. The van der Waals surface area contributed by atoms with Gasteiger partial charge in [0.1, 0.15) is 0 Å². The second-order valence-electron chi connectivity index (χ2n) is 5.57. The monoisotopic (exact) mass is 365 g/mol. The predicted octanol–water partition coefficient (Wildman–Crippen LogP) is 4.89. The van der Waals surface area contributed by atoms with Crippen LogP contribution in [0.1, 0.15) is 5.69 Å². The number of benzene rings is 2. The Hall–Kier alpha value is -3.06. The van der Waals surface area contributed by atoms with Crippen LogP contribution < -0.4 is 16.0 Å². The molecule has 0 fully saturated rings. The van der Waals surface area contributed by atoms with Gasteiger partial charge in [-0.15, -0.1) is 16.9 Å². The lowest BCUT2D eigenvalue weighted by molar-refractivity contribution is 0.262. The lowest BCUT2D eigenvalue weighted by Crippen LogP contribution is -2.19. The van der Waals surface area contributed by atoms with Gasteiger partial charge in [0.05, 0.1) is 5.69 Å². The van der Waals surface area contributed by atoms with E-state index < -0.39 is 0 Å². The molecule has 1 aromatic heterocycles. The second kappa shape index (κ2) is 8.35. The van der Waals surface area contributed by atoms with Gasteiger partial charge in [0.15, 0.2) is 5.82 Å². The number of carbonyl (C=O) groups excluding carboxylic acids is 1. The van der Waals surface area contributed by atoms with Gasteiger partial charge in [-0.2, -0.15) is 5.10 Å². The van der Waals surface area contributed by atoms with Crippen molar-refractivity contribution in [3.63, 3.8) is 0 Å². The van der Waals surface area contributed by atoms with Crippen LogP contribution in [0, 0.1) is 6.92 Å². The summed E-state index contributed by atoms with van der Waals surface area (Å²) in [6.45, 7) is 1.89. The maximum absolute atomic E-state index is 12.1. The van der Waals surface area contributed by atoms with Gasteiger partial charge >= 0.3 is 6.03 Å². The molecule has 0 atom stereocenters. The van der Waals surface area contributed by atoms with Crippen molar-refractivity contribution in [3.05, 3.63) is 66.4 Å². The van der Waals surface area contributed by atoms with E-state index in [4.69, 9.17) is 0 Å². The molecule has 0 unspecified atom stereocenters. The van der Waals surface area contributed by atoms with Crippen molar-refractivity contribution in [1.82, 2.24) is 10.2 Å². The predicted molar refractivity (Wildman–Crippen MR) is 107 cm³/mol. The lowest BCUT2D eigenvalue weighted by Gasteiger charge is -2.10. The van der Waals surface area contributed by atoms with Crippen LogP contribution >= 0.6 is 11.8 Å². The van der Waals surface area contributed by atoms with Crippen LogP contribution in [0.3, 0.4) is 0 Å². The van der Waals surface area contributed by atoms with Crippen LogP contribution in [0.15, 0.2) is 65.6 Å². The van der Waals surface area contributed by atoms with Crippen molar-refractivity contribution in [1.29, 1.82) is 0 Å². The number of amides is 2. The van der Waals surface area contributed by atoms with Crippen molar-refractivity contribution < 1.29 is 4.79 Å². The average molecular weight is 365 g/mol. The van der Waals surface area contributed by atoms with Crippen LogP contribution in [-0.4, -0.2) is 22.5 Å². The molecule has 3 aromatic rings. The largest absolute Gasteiger partial charge is 0.339 e. The summed E-state index contributed by atoms with van der Waals surface area (Å²) in [7, 11) is 0. The molecular weight excluding hydrogens is 346 g/mol. The van der Waals surface area contributed by atoms with Crippen LogP contribution in [0.4, 0.5) is 27.7 Å². The number of carbonyl (C=O) groups is 1. The zero-order valence-electron chi connectivity index (χ0n) is 14.5. The Bertz CT molecular complexity index is 881. The fourth-order valence-electron chi connectivity index (χ4n) is 2.24. The Morgan fingerprint density at radius 2 is 1.62 bits per heavy atom. The number of thioether (sulfide) groups is 1. The number of hydrogen-bond acceptors (Lipinski definition) is 5. The number of nitrogens with one attached hydrogen (secondary N) is 3. The number of hydrogen-bond donors (Lipinski definition) is 3. The Morgan fingerprint density at radius 1 is 0.885 bits per heavy atom. The van der Waals surface area contributed by atoms with E-state index in [1.165, 1.54) is 0 Å². The van der Waals surface area contributed by atoms with Crippen molar-refractivity contribution in [2.75, 3.05) is 22.2 Å². The number of nitrogens with zero attached hydrogens (tertiary/aromatic N) is 2. The zero-order valence-corrected chi connectivity index (χ0v) is 15.3. The average Bonchev–Trinajstić information content (AvgIpc) is 2.65. The molecule has 132 valence electrons. The number of rotatable bonds is 5. The third-order valence-electron chi connectivity index (χ3n) is 3.54. The van der Waals surface area contributed by atoms with Gasteiger partial charge in [-0.25, -0.2) is 4.79 Å². The van der Waals surface area contributed by atoms with Gasteiger partial charge in [-0.3, -0.25) is 0 Å². The van der Waals surface area contributed by atoms with Crippen LogP contribution in [0.25, 0.3) is 0 Å². The number of urea groups is 1. The van der Waals surface area contributed by atoms with Gasteiger partial charge < -0.3 is 16.0 Å². The van der Waals surface area contributed by atoms with Gasteiger partial charge in [0, 0.05) is 22.0 Å². The van der Waals surface area contributed by atoms with E-state index in [2.05, 4.69) is 26.1 Å². The topological polar surface area (TPSA) is 78.9 Å². The first-order valence-corrected chi connectivity index (χ1v) is 9.24. The summed E-state index contributed by atoms with van der Waals surface area (Å²) in [5, 5.41) is 16.9. The minimum atomic E-state index is -0.284. The molecular formula is C19H19N5OS. The molecule has 1 heterocycles. The minimum absolute atomic E-state index is 0.284. The molecule has 7 heteroatoms. The van der Waals surface area contributed by atoms with Crippen LogP contribution in [-0.2, 0) is 0 Å². The third-order valence-corrected chi connectivity index (χ3v) is 4.27. The first-order chi connectivity index (χ1) is 12.6. The number of aromatic nitrogens is 2. The van der Waals surface area contributed by atoms with Crippen molar-refractivity contribution >= 4 is 40.7 Å². The van der Waals surface area contributed by atoms with E-state index in [0.717, 1.165) is 22.0 Å². The molecule has 0 aliphatic carbocycles. The summed E-state index contributed by atoms with van der Waals surface area (Å²) in [4.78, 5) is 13.2. The van der Waals surface area contributed by atoms with E-state index in [1.54, 1.807) is 11.8 Å². The zero-order chi connectivity index (χ0) is 18.4. The molecule has 0 bridgehead atoms. The van der Waals surface area contributed by atoms with Crippen LogP contribution in [0.5, 0.6) is 0 Å². The second-order valence-corrected chi connectivity index (χ2v) is 6.45. The molecule has 0 saturated heterocycles. The number of anilines is 4. The Morgan fingerprint density at radius 3 is 2.31 bits per heavy atom. The highest BCUT2D eigenvalue weighted by Crippen LogP contribution is 2.20. The maximum Gasteiger partial charge on any atom is 0.323 e. The lowest BCUT2D eigenvalue weighted by atomic mass is 10.2. The fraction of sp³-hybridized carbons (Fsp3) is 0.105. The van der Waals surface area contributed by atoms with E-state index in [9.17, 15) is 4.79 Å². The van der Waals surface area contributed by atoms with Crippen molar-refractivity contribution in [2.45, 2.75) is 11.8 Å². The van der Waals surface area contributed by atoms with E-state index >= 15 is 0 Å². The Labute approximate surface area is 156 Å². The van der Waals surface area contributed by atoms with Crippen molar-refractivity contribution in [2.24, 2.45) is 0 Å². The van der Waals surface area contributed by atoms with Crippen LogP contribution in [0.2, 0.25) is 0 Å². The maximum atomic E-state index is 12.1. The quantitative estimate of drug-likeness (QED) is 0.561. The molecule has 6 nitrogen and oxygen atoms in total. The minimum Gasteiger partial charge on any atom is -0.339 e. The standard InChI is InChI=1S/C19H19N5OS/c1-13-6-11-18(24-23-13)20-14-7-9-15(10-8-14)21-19(25)22-16-4-3-5-17(12-16)26-2/h3-12H,1-2H3,(H,20,24)(H2,21,22,25). The first-order valence-electron chi connectivity index (χ1n) is 8.02. The molecule has 2 aromatic carbocycles. The summed E-state index contributed by atoms with van der Waals surface area (Å²) < 4.78 is 0. The smallest absolute Gasteiger partial charge is 0.323 e. The van der Waals surface area contributed by atoms with Gasteiger partial charge in [0.25, 0.3) is 0 Å². The van der Waals surface area contributed by atoms with Gasteiger partial charge in [-0.05, 0) is 67.8 Å². The molecule has 3 rings (SSSR count). The molecule has 2 amide bonds. The molecule has 3 N–H and O–H groups in total. The van der Waals surface area contributed by atoms with Gasteiger partial charge in [0.2, 0.25) is 0 Å². The highest BCUT2D eigenvalue weighted by molar-refractivity contribution is 7.98. The Balaban J connectivity index is 1.58. The molecule has 0 saturated carbocycles. The summed E-state index contributed by atoms with van der Waals surface area (Å²) in [5.41, 5.74) is 3.18. The highest BCUT2D eigenvalue weighted by Gasteiger charge is 2.04. The summed E-state index contributed by atoms with van der Waals surface area (Å²) >= 11 is 1.63. The Kier molecular flexibility index (Phi) is 5.70. The molecule has 0 aliphatic rings. The van der Waals surface area contributed by atoms with E-state index in [0.29, 0.717) is 11.5 Å². The molecule has 0 spiro atoms. The molecule has 26 heavy (non-hydrogen) atoms. The fourth-order valence-corrected chi connectivity index (χ4v) is 2.70. The van der Waals surface area contributed by atoms with Crippen molar-refractivity contribution in [3.8, 4) is 0 Å². The summed E-state index contributed by atoms with van der Waals surface area (Å²) in [6.07, 6.45) is 2.00. The number of aryl methyl sites for hydroxylation is 1.